The lowest BCUT2D eigenvalue weighted by Crippen LogP contribution is -2.36. The topological polar surface area (TPSA) is 113 Å². The third-order valence-corrected chi connectivity index (χ3v) is 4.64. The number of anilines is 1. The van der Waals surface area contributed by atoms with Gasteiger partial charge in [0.05, 0.1) is 22.4 Å². The summed E-state index contributed by atoms with van der Waals surface area (Å²) in [7, 11) is 0. The zero-order valence-electron chi connectivity index (χ0n) is 14.1. The van der Waals surface area contributed by atoms with Gasteiger partial charge in [-0.1, -0.05) is 60.7 Å². The number of carbonyl (C=O) groups excluding carboxylic acids is 2. The highest BCUT2D eigenvalue weighted by Crippen LogP contribution is 2.45. The minimum Gasteiger partial charge on any atom is -0.397 e. The molecule has 6 nitrogen and oxygen atoms in total. The Morgan fingerprint density at radius 2 is 1.22 bits per heavy atom. The van der Waals surface area contributed by atoms with Gasteiger partial charge in [0.25, 0.3) is 11.8 Å². The fourth-order valence-corrected chi connectivity index (χ4v) is 3.44. The van der Waals surface area contributed by atoms with Crippen LogP contribution in [0.4, 0.5) is 5.69 Å². The number of nitriles is 1. The Morgan fingerprint density at radius 3 is 1.74 bits per heavy atom. The molecule has 0 bridgehead atoms. The molecule has 3 aromatic carbocycles. The zero-order valence-corrected chi connectivity index (χ0v) is 14.1. The van der Waals surface area contributed by atoms with E-state index in [0.29, 0.717) is 21.7 Å². The Kier molecular flexibility index (Phi) is 3.73. The lowest BCUT2D eigenvalue weighted by Gasteiger charge is -2.17. The molecule has 2 amide bonds. The Labute approximate surface area is 155 Å². The van der Waals surface area contributed by atoms with Gasteiger partial charge in [-0.2, -0.15) is 5.26 Å². The van der Waals surface area contributed by atoms with E-state index in [4.69, 9.17) is 11.6 Å². The van der Waals surface area contributed by atoms with Crippen LogP contribution in [-0.4, -0.2) is 16.8 Å². The van der Waals surface area contributed by atoms with E-state index in [2.05, 4.69) is 6.07 Å². The molecule has 1 aliphatic rings. The second-order valence-corrected chi connectivity index (χ2v) is 6.11. The third-order valence-electron chi connectivity index (χ3n) is 4.64. The fraction of sp³-hybridized carbons (Fsp3) is 0. The molecule has 0 aromatic heterocycles. The molecular weight excluding hydrogens is 340 g/mol. The molecule has 0 saturated carbocycles. The van der Waals surface area contributed by atoms with Crippen LogP contribution in [0.5, 0.6) is 0 Å². The van der Waals surface area contributed by atoms with Gasteiger partial charge in [-0.3, -0.25) is 9.59 Å². The van der Waals surface area contributed by atoms with Gasteiger partial charge in [0.1, 0.15) is 6.07 Å². The number of hydrogen-bond donors (Lipinski definition) is 2. The lowest BCUT2D eigenvalue weighted by atomic mass is 9.84. The van der Waals surface area contributed by atoms with Crippen LogP contribution in [0, 0.1) is 11.3 Å². The summed E-state index contributed by atoms with van der Waals surface area (Å²) < 4.78 is 0. The summed E-state index contributed by atoms with van der Waals surface area (Å²) in [6.45, 7) is 0. The van der Waals surface area contributed by atoms with Gasteiger partial charge in [0.15, 0.2) is 0 Å². The fourth-order valence-electron chi connectivity index (χ4n) is 3.44. The molecule has 4 rings (SSSR count). The molecule has 130 valence electrons. The molecule has 0 unspecified atom stereocenters. The van der Waals surface area contributed by atoms with Gasteiger partial charge in [-0.15, -0.1) is 0 Å². The van der Waals surface area contributed by atoms with Crippen molar-refractivity contribution in [3.8, 4) is 28.3 Å². The Bertz CT molecular complexity index is 1130. The van der Waals surface area contributed by atoms with Gasteiger partial charge in [0.2, 0.25) is 0 Å². The van der Waals surface area contributed by atoms with Crippen molar-refractivity contribution < 1.29 is 9.59 Å². The largest absolute Gasteiger partial charge is 0.397 e. The number of carbonyl (C=O) groups is 2. The molecule has 1 aliphatic heterocycles. The molecule has 3 aromatic rings. The van der Waals surface area contributed by atoms with Gasteiger partial charge in [-0.05, 0) is 11.1 Å². The molecule has 4 N–H and O–H groups in total. The van der Waals surface area contributed by atoms with E-state index in [-0.39, 0.29) is 22.4 Å². The Morgan fingerprint density at radius 1 is 0.741 bits per heavy atom. The van der Waals surface area contributed by atoms with Crippen LogP contribution in [-0.2, 0) is 0 Å². The van der Waals surface area contributed by atoms with E-state index in [0.717, 1.165) is 5.56 Å². The van der Waals surface area contributed by atoms with Crippen LogP contribution in [0.1, 0.15) is 26.3 Å². The Hall–Kier alpha value is -3.95. The lowest BCUT2D eigenvalue weighted by molar-refractivity contribution is 0.0654. The summed E-state index contributed by atoms with van der Waals surface area (Å²) in [4.78, 5) is 25.3. The minimum absolute atomic E-state index is 0.0161. The molecule has 0 spiro atoms. The number of benzene rings is 3. The molecule has 0 aliphatic carbocycles. The van der Waals surface area contributed by atoms with Crippen LogP contribution in [0.25, 0.3) is 22.3 Å². The van der Waals surface area contributed by atoms with E-state index in [1.165, 1.54) is 0 Å². The first-order valence-electron chi connectivity index (χ1n) is 8.20. The first kappa shape index (κ1) is 16.5. The van der Waals surface area contributed by atoms with Gasteiger partial charge in [0, 0.05) is 11.1 Å². The van der Waals surface area contributed by atoms with Crippen LogP contribution in [0.3, 0.4) is 0 Å². The highest BCUT2D eigenvalue weighted by Gasteiger charge is 2.41. The smallest absolute Gasteiger partial charge is 0.278 e. The third kappa shape index (κ3) is 2.30. The average Bonchev–Trinajstić information content (AvgIpc) is 2.93. The number of nitrogens with two attached hydrogens (primary N) is 2. The molecule has 1 heterocycles. The Balaban J connectivity index is 2.24. The predicted octanol–water partition coefficient (Wildman–Crippen LogP) is 2.94. The highest BCUT2D eigenvalue weighted by molar-refractivity contribution is 6.27. The van der Waals surface area contributed by atoms with Gasteiger partial charge < -0.3 is 5.73 Å². The van der Waals surface area contributed by atoms with Crippen molar-refractivity contribution in [2.24, 2.45) is 5.84 Å². The number of hydrazine groups is 1. The number of hydrogen-bond acceptors (Lipinski definition) is 5. The number of amides is 2. The number of rotatable bonds is 2. The van der Waals surface area contributed by atoms with E-state index in [1.807, 2.05) is 60.7 Å². The predicted molar refractivity (Wildman–Crippen MR) is 101 cm³/mol. The average molecular weight is 354 g/mol. The molecule has 0 atom stereocenters. The molecule has 6 heteroatoms. The second-order valence-electron chi connectivity index (χ2n) is 6.11. The normalized spacial score (nSPS) is 12.8. The summed E-state index contributed by atoms with van der Waals surface area (Å²) in [6, 6.07) is 20.4. The second kappa shape index (κ2) is 6.09. The van der Waals surface area contributed by atoms with Crippen molar-refractivity contribution in [2.45, 2.75) is 0 Å². The number of fused-ring (bicyclic) bond motifs is 1. The number of imide groups is 1. The quantitative estimate of drug-likeness (QED) is 0.318. The first-order valence-corrected chi connectivity index (χ1v) is 8.20. The van der Waals surface area contributed by atoms with Crippen molar-refractivity contribution >= 4 is 17.5 Å². The van der Waals surface area contributed by atoms with Crippen molar-refractivity contribution in [1.29, 1.82) is 5.26 Å². The monoisotopic (exact) mass is 354 g/mol. The van der Waals surface area contributed by atoms with E-state index < -0.39 is 11.8 Å². The van der Waals surface area contributed by atoms with Gasteiger partial charge in [-0.25, -0.2) is 10.9 Å². The standard InChI is InChI=1S/C21H14N4O2/c22-11-14-15(12-7-3-1-4-8-12)16(13-9-5-2-6-10-13)17-18(19(14)23)21(27)25(24)20(17)26/h1-10H,23-24H2. The maximum Gasteiger partial charge on any atom is 0.278 e. The van der Waals surface area contributed by atoms with Gasteiger partial charge >= 0.3 is 0 Å². The maximum absolute atomic E-state index is 12.8. The zero-order chi connectivity index (χ0) is 19.1. The summed E-state index contributed by atoms with van der Waals surface area (Å²) in [5, 5.41) is 10.4. The number of nitrogens with zero attached hydrogens (tertiary/aromatic N) is 2. The van der Waals surface area contributed by atoms with E-state index >= 15 is 0 Å². The molecule has 0 saturated heterocycles. The molecule has 0 radical (unpaired) electrons. The maximum atomic E-state index is 12.8. The summed E-state index contributed by atoms with van der Waals surface area (Å²) >= 11 is 0. The number of nitrogen functional groups attached to an aromatic ring is 1. The van der Waals surface area contributed by atoms with Crippen molar-refractivity contribution in [2.75, 3.05) is 5.73 Å². The van der Waals surface area contributed by atoms with Crippen LogP contribution < -0.4 is 11.6 Å². The SMILES string of the molecule is N#Cc1c(N)c2c(c(-c3ccccc3)c1-c1ccccc1)C(=O)N(N)C2=O. The molecule has 27 heavy (non-hydrogen) atoms. The van der Waals surface area contributed by atoms with Crippen molar-refractivity contribution in [3.05, 3.63) is 77.4 Å². The first-order chi connectivity index (χ1) is 13.1. The molecule has 0 fully saturated rings. The van der Waals surface area contributed by atoms with E-state index in [9.17, 15) is 14.9 Å². The van der Waals surface area contributed by atoms with Crippen molar-refractivity contribution in [3.63, 3.8) is 0 Å². The highest BCUT2D eigenvalue weighted by atomic mass is 16.2. The summed E-state index contributed by atoms with van der Waals surface area (Å²) in [5.74, 6) is 4.32. The summed E-state index contributed by atoms with van der Waals surface area (Å²) in [6.07, 6.45) is 0. The van der Waals surface area contributed by atoms with E-state index in [1.54, 1.807) is 0 Å². The minimum atomic E-state index is -0.708. The molecular formula is C21H14N4O2. The summed E-state index contributed by atoms with van der Waals surface area (Å²) in [5.41, 5.74) is 8.81. The van der Waals surface area contributed by atoms with Crippen LogP contribution >= 0.6 is 0 Å². The van der Waals surface area contributed by atoms with Crippen molar-refractivity contribution in [1.82, 2.24) is 5.01 Å². The van der Waals surface area contributed by atoms with Crippen LogP contribution in [0.2, 0.25) is 0 Å². The van der Waals surface area contributed by atoms with Crippen LogP contribution in [0.15, 0.2) is 60.7 Å².